The van der Waals surface area contributed by atoms with Gasteiger partial charge in [0.25, 0.3) is 0 Å². The number of carbonyl (C=O) groups excluding carboxylic acids is 1. The monoisotopic (exact) mass is 497 g/mol. The number of morpholine rings is 1. The molecule has 2 fully saturated rings. The first-order chi connectivity index (χ1) is 12.6. The molecule has 2 aliphatic heterocycles. The number of piperazine rings is 1. The van der Waals surface area contributed by atoms with Gasteiger partial charge in [-0.15, -0.1) is 24.0 Å². The Bertz CT molecular complexity index is 464. The minimum absolute atomic E-state index is 0. The molecule has 0 saturated carbocycles. The Hall–Kier alpha value is -0.810. The summed E-state index contributed by atoms with van der Waals surface area (Å²) in [5, 5.41) is 3.55. The quantitative estimate of drug-likeness (QED) is 0.351. The van der Waals surface area contributed by atoms with Crippen LogP contribution in [0.5, 0.6) is 0 Å². The van der Waals surface area contributed by atoms with Crippen LogP contribution in [0.1, 0.15) is 20.8 Å². The van der Waals surface area contributed by atoms with E-state index < -0.39 is 0 Å². The summed E-state index contributed by atoms with van der Waals surface area (Å²) in [5.41, 5.74) is 0. The largest absolute Gasteiger partial charge is 0.450 e. The molecular formula is C18H36IN5O3. The molecule has 0 bridgehead atoms. The summed E-state index contributed by atoms with van der Waals surface area (Å²) in [4.78, 5) is 22.8. The van der Waals surface area contributed by atoms with Crippen LogP contribution in [0, 0.1) is 5.92 Å². The Labute approximate surface area is 180 Å². The highest BCUT2D eigenvalue weighted by Crippen LogP contribution is 2.12. The standard InChI is InChI=1S/C18H35N5O3.HI/c1-5-26-18(24)23-8-6-22(7-9-23)17(19-4)20-14-16(15(2)3)21-10-12-25-13-11-21;/h15-16H,5-14H2,1-4H3,(H,19,20);1H. The molecule has 1 N–H and O–H groups in total. The zero-order chi connectivity index (χ0) is 18.9. The van der Waals surface area contributed by atoms with Gasteiger partial charge in [-0.2, -0.15) is 0 Å². The second kappa shape index (κ2) is 12.6. The van der Waals surface area contributed by atoms with Crippen molar-refractivity contribution < 1.29 is 14.3 Å². The summed E-state index contributed by atoms with van der Waals surface area (Å²) >= 11 is 0. The molecule has 9 heteroatoms. The average Bonchev–Trinajstić information content (AvgIpc) is 2.66. The predicted molar refractivity (Wildman–Crippen MR) is 118 cm³/mol. The lowest BCUT2D eigenvalue weighted by Crippen LogP contribution is -2.56. The normalized spacial score (nSPS) is 20.3. The molecule has 2 aliphatic rings. The molecule has 158 valence electrons. The number of ether oxygens (including phenoxy) is 2. The number of hydrogen-bond acceptors (Lipinski definition) is 5. The van der Waals surface area contributed by atoms with E-state index in [1.54, 1.807) is 4.90 Å². The van der Waals surface area contributed by atoms with Crippen LogP contribution >= 0.6 is 24.0 Å². The maximum absolute atomic E-state index is 11.8. The number of aliphatic imine (C=N–C) groups is 1. The number of nitrogens with one attached hydrogen (secondary N) is 1. The van der Waals surface area contributed by atoms with Crippen molar-refractivity contribution in [3.63, 3.8) is 0 Å². The smallest absolute Gasteiger partial charge is 0.409 e. The predicted octanol–water partition coefficient (Wildman–Crippen LogP) is 1.31. The molecular weight excluding hydrogens is 461 g/mol. The topological polar surface area (TPSA) is 69.6 Å². The van der Waals surface area contributed by atoms with Crippen molar-refractivity contribution in [3.05, 3.63) is 0 Å². The van der Waals surface area contributed by atoms with Crippen molar-refractivity contribution in [2.24, 2.45) is 10.9 Å². The third-order valence-electron chi connectivity index (χ3n) is 5.07. The summed E-state index contributed by atoms with van der Waals surface area (Å²) < 4.78 is 10.6. The number of guanidine groups is 1. The molecule has 0 aromatic rings. The number of halogens is 1. The van der Waals surface area contributed by atoms with E-state index in [2.05, 4.69) is 34.0 Å². The maximum Gasteiger partial charge on any atom is 0.409 e. The first-order valence-corrected chi connectivity index (χ1v) is 9.75. The van der Waals surface area contributed by atoms with Crippen molar-refractivity contribution in [2.75, 3.05) is 72.7 Å². The zero-order valence-electron chi connectivity index (χ0n) is 17.1. The van der Waals surface area contributed by atoms with Gasteiger partial charge in [-0.25, -0.2) is 4.79 Å². The van der Waals surface area contributed by atoms with Crippen molar-refractivity contribution in [3.8, 4) is 0 Å². The van der Waals surface area contributed by atoms with Crippen molar-refractivity contribution >= 4 is 36.0 Å². The molecule has 0 aliphatic carbocycles. The van der Waals surface area contributed by atoms with Crippen molar-refractivity contribution in [2.45, 2.75) is 26.8 Å². The van der Waals surface area contributed by atoms with E-state index in [4.69, 9.17) is 9.47 Å². The van der Waals surface area contributed by atoms with Gasteiger partial charge in [0.1, 0.15) is 0 Å². The summed E-state index contributed by atoms with van der Waals surface area (Å²) in [6.07, 6.45) is -0.220. The molecule has 1 atom stereocenters. The number of rotatable bonds is 5. The van der Waals surface area contributed by atoms with E-state index in [9.17, 15) is 4.79 Å². The zero-order valence-corrected chi connectivity index (χ0v) is 19.5. The lowest BCUT2D eigenvalue weighted by molar-refractivity contribution is 0.00734. The third-order valence-corrected chi connectivity index (χ3v) is 5.07. The van der Waals surface area contributed by atoms with Gasteiger partial charge in [0.05, 0.1) is 19.8 Å². The maximum atomic E-state index is 11.8. The van der Waals surface area contributed by atoms with Crippen LogP contribution in [0.2, 0.25) is 0 Å². The Balaban J connectivity index is 0.00000364. The average molecular weight is 497 g/mol. The lowest BCUT2D eigenvalue weighted by atomic mass is 10.0. The molecule has 0 aromatic heterocycles. The molecule has 2 saturated heterocycles. The highest BCUT2D eigenvalue weighted by Gasteiger charge is 2.26. The van der Waals surface area contributed by atoms with Gasteiger partial charge >= 0.3 is 6.09 Å². The Morgan fingerprint density at radius 2 is 1.70 bits per heavy atom. The number of hydrogen-bond donors (Lipinski definition) is 1. The van der Waals surface area contributed by atoms with E-state index in [1.807, 2.05) is 14.0 Å². The summed E-state index contributed by atoms with van der Waals surface area (Å²) in [6, 6.07) is 0.455. The number of nitrogens with zero attached hydrogens (tertiary/aromatic N) is 4. The van der Waals surface area contributed by atoms with Gasteiger partial charge in [0.15, 0.2) is 5.96 Å². The van der Waals surface area contributed by atoms with E-state index in [0.717, 1.165) is 51.9 Å². The molecule has 0 radical (unpaired) electrons. The van der Waals surface area contributed by atoms with Crippen LogP contribution in [-0.4, -0.2) is 105 Å². The highest BCUT2D eigenvalue weighted by molar-refractivity contribution is 14.0. The summed E-state index contributed by atoms with van der Waals surface area (Å²) in [6.45, 7) is 14.1. The van der Waals surface area contributed by atoms with Crippen LogP contribution < -0.4 is 5.32 Å². The SMILES string of the molecule is CCOC(=O)N1CCN(C(=NC)NCC(C(C)C)N2CCOCC2)CC1.I. The molecule has 2 rings (SSSR count). The van der Waals surface area contributed by atoms with Crippen LogP contribution in [0.3, 0.4) is 0 Å². The lowest BCUT2D eigenvalue weighted by Gasteiger charge is -2.39. The van der Waals surface area contributed by atoms with Gasteiger partial charge in [-0.1, -0.05) is 13.8 Å². The second-order valence-corrected chi connectivity index (χ2v) is 7.06. The van der Waals surface area contributed by atoms with E-state index in [0.29, 0.717) is 31.7 Å². The highest BCUT2D eigenvalue weighted by atomic mass is 127. The van der Waals surface area contributed by atoms with Gasteiger partial charge < -0.3 is 24.6 Å². The minimum atomic E-state index is -0.220. The van der Waals surface area contributed by atoms with Gasteiger partial charge in [-0.05, 0) is 12.8 Å². The second-order valence-electron chi connectivity index (χ2n) is 7.06. The molecule has 1 unspecified atom stereocenters. The van der Waals surface area contributed by atoms with Crippen LogP contribution in [-0.2, 0) is 9.47 Å². The van der Waals surface area contributed by atoms with Crippen LogP contribution in [0.15, 0.2) is 4.99 Å². The third kappa shape index (κ3) is 7.26. The Morgan fingerprint density at radius 3 is 2.22 bits per heavy atom. The van der Waals surface area contributed by atoms with Crippen LogP contribution in [0.4, 0.5) is 4.79 Å². The van der Waals surface area contributed by atoms with Gasteiger partial charge in [-0.3, -0.25) is 9.89 Å². The van der Waals surface area contributed by atoms with Crippen molar-refractivity contribution in [1.82, 2.24) is 20.0 Å². The number of carbonyl (C=O) groups is 1. The minimum Gasteiger partial charge on any atom is -0.450 e. The fraction of sp³-hybridized carbons (Fsp3) is 0.889. The fourth-order valence-corrected chi connectivity index (χ4v) is 3.54. The van der Waals surface area contributed by atoms with E-state index >= 15 is 0 Å². The molecule has 8 nitrogen and oxygen atoms in total. The Morgan fingerprint density at radius 1 is 1.11 bits per heavy atom. The molecule has 27 heavy (non-hydrogen) atoms. The van der Waals surface area contributed by atoms with Gasteiger partial charge in [0.2, 0.25) is 0 Å². The van der Waals surface area contributed by atoms with E-state index in [-0.39, 0.29) is 30.1 Å². The summed E-state index contributed by atoms with van der Waals surface area (Å²) in [5.74, 6) is 1.46. The molecule has 0 spiro atoms. The summed E-state index contributed by atoms with van der Waals surface area (Å²) in [7, 11) is 1.82. The number of amides is 1. The fourth-order valence-electron chi connectivity index (χ4n) is 3.54. The molecule has 2 heterocycles. The first-order valence-electron chi connectivity index (χ1n) is 9.75. The molecule has 1 amide bonds. The Kier molecular flexibility index (Phi) is 11.3. The first kappa shape index (κ1) is 24.2. The molecule has 0 aromatic carbocycles. The van der Waals surface area contributed by atoms with Crippen molar-refractivity contribution in [1.29, 1.82) is 0 Å². The van der Waals surface area contributed by atoms with Gasteiger partial charge in [0, 0.05) is 58.9 Å². The van der Waals surface area contributed by atoms with E-state index in [1.165, 1.54) is 0 Å². The van der Waals surface area contributed by atoms with Crippen LogP contribution in [0.25, 0.3) is 0 Å².